The summed E-state index contributed by atoms with van der Waals surface area (Å²) in [6, 6.07) is 1.88. The van der Waals surface area contributed by atoms with E-state index in [0.29, 0.717) is 11.6 Å². The first-order chi connectivity index (χ1) is 7.75. The standard InChI is InChI=1S/C12H19N3O/c13-11-8-14-5-4-12(11)15-7-9-2-1-3-10(16)6-9/h4-5,8-10,16H,1-3,6-7,13H2,(H,14,15). The minimum Gasteiger partial charge on any atom is -0.396 e. The Kier molecular flexibility index (Phi) is 3.62. The van der Waals surface area contributed by atoms with Gasteiger partial charge in [-0.05, 0) is 31.2 Å². The molecule has 0 amide bonds. The highest BCUT2D eigenvalue weighted by molar-refractivity contribution is 5.64. The molecule has 1 aliphatic carbocycles. The van der Waals surface area contributed by atoms with E-state index < -0.39 is 0 Å². The summed E-state index contributed by atoms with van der Waals surface area (Å²) in [4.78, 5) is 3.95. The molecule has 0 saturated heterocycles. The third-order valence-corrected chi connectivity index (χ3v) is 3.19. The van der Waals surface area contributed by atoms with E-state index in [2.05, 4.69) is 10.3 Å². The van der Waals surface area contributed by atoms with Crippen LogP contribution in [0.25, 0.3) is 0 Å². The number of pyridine rings is 1. The van der Waals surface area contributed by atoms with E-state index in [1.54, 1.807) is 12.4 Å². The van der Waals surface area contributed by atoms with Gasteiger partial charge in [0.1, 0.15) is 0 Å². The predicted molar refractivity (Wildman–Crippen MR) is 65.1 cm³/mol. The van der Waals surface area contributed by atoms with Gasteiger partial charge in [0.05, 0.1) is 23.7 Å². The van der Waals surface area contributed by atoms with Crippen molar-refractivity contribution in [2.75, 3.05) is 17.6 Å². The molecular formula is C12H19N3O. The van der Waals surface area contributed by atoms with E-state index in [-0.39, 0.29) is 6.10 Å². The zero-order valence-corrected chi connectivity index (χ0v) is 9.39. The summed E-state index contributed by atoms with van der Waals surface area (Å²) in [6.07, 6.45) is 7.43. The molecule has 1 aromatic rings. The molecule has 0 radical (unpaired) electrons. The molecule has 4 nitrogen and oxygen atoms in total. The van der Waals surface area contributed by atoms with Crippen LogP contribution in [0.3, 0.4) is 0 Å². The van der Waals surface area contributed by atoms with Crippen LogP contribution >= 0.6 is 0 Å². The minimum atomic E-state index is -0.115. The highest BCUT2D eigenvalue weighted by Crippen LogP contribution is 2.25. The Morgan fingerprint density at radius 2 is 2.38 bits per heavy atom. The van der Waals surface area contributed by atoms with Crippen LogP contribution in [0.2, 0.25) is 0 Å². The van der Waals surface area contributed by atoms with Gasteiger partial charge in [0.15, 0.2) is 0 Å². The van der Waals surface area contributed by atoms with Crippen LogP contribution in [0.4, 0.5) is 11.4 Å². The van der Waals surface area contributed by atoms with Crippen molar-refractivity contribution < 1.29 is 5.11 Å². The summed E-state index contributed by atoms with van der Waals surface area (Å²) < 4.78 is 0. The summed E-state index contributed by atoms with van der Waals surface area (Å²) in [7, 11) is 0. The summed E-state index contributed by atoms with van der Waals surface area (Å²) in [5, 5.41) is 12.9. The summed E-state index contributed by atoms with van der Waals surface area (Å²) in [5.74, 6) is 0.552. The number of anilines is 2. The van der Waals surface area contributed by atoms with Crippen LogP contribution in [-0.4, -0.2) is 22.7 Å². The molecule has 2 atom stereocenters. The van der Waals surface area contributed by atoms with Gasteiger partial charge in [-0.2, -0.15) is 0 Å². The van der Waals surface area contributed by atoms with Crippen molar-refractivity contribution in [3.63, 3.8) is 0 Å². The third kappa shape index (κ3) is 2.85. The molecule has 1 heterocycles. The van der Waals surface area contributed by atoms with Crippen LogP contribution in [0.1, 0.15) is 25.7 Å². The van der Waals surface area contributed by atoms with E-state index in [1.807, 2.05) is 6.07 Å². The predicted octanol–water partition coefficient (Wildman–Crippen LogP) is 1.63. The van der Waals surface area contributed by atoms with Crippen LogP contribution in [0.15, 0.2) is 18.5 Å². The molecule has 0 bridgehead atoms. The van der Waals surface area contributed by atoms with Crippen molar-refractivity contribution in [3.8, 4) is 0 Å². The van der Waals surface area contributed by atoms with Crippen molar-refractivity contribution in [2.45, 2.75) is 31.8 Å². The Morgan fingerprint density at radius 3 is 3.12 bits per heavy atom. The number of nitrogens with one attached hydrogen (secondary N) is 1. The molecule has 0 spiro atoms. The minimum absolute atomic E-state index is 0.115. The van der Waals surface area contributed by atoms with Gasteiger partial charge in [-0.1, -0.05) is 6.42 Å². The summed E-state index contributed by atoms with van der Waals surface area (Å²) >= 11 is 0. The van der Waals surface area contributed by atoms with Gasteiger partial charge in [-0.3, -0.25) is 4.98 Å². The molecule has 1 saturated carbocycles. The van der Waals surface area contributed by atoms with E-state index in [0.717, 1.165) is 31.5 Å². The van der Waals surface area contributed by atoms with E-state index in [1.165, 1.54) is 6.42 Å². The monoisotopic (exact) mass is 221 g/mol. The largest absolute Gasteiger partial charge is 0.396 e. The highest BCUT2D eigenvalue weighted by Gasteiger charge is 2.19. The fraction of sp³-hybridized carbons (Fsp3) is 0.583. The quantitative estimate of drug-likeness (QED) is 0.725. The van der Waals surface area contributed by atoms with Gasteiger partial charge in [-0.15, -0.1) is 0 Å². The molecule has 0 aromatic carbocycles. The third-order valence-electron chi connectivity index (χ3n) is 3.19. The molecule has 0 aliphatic heterocycles. The second-order valence-corrected chi connectivity index (χ2v) is 4.53. The van der Waals surface area contributed by atoms with Crippen molar-refractivity contribution in [2.24, 2.45) is 5.92 Å². The number of rotatable bonds is 3. The lowest BCUT2D eigenvalue weighted by molar-refractivity contribution is 0.105. The lowest BCUT2D eigenvalue weighted by atomic mass is 9.87. The zero-order valence-electron chi connectivity index (χ0n) is 9.39. The number of aliphatic hydroxyl groups excluding tert-OH is 1. The first-order valence-corrected chi connectivity index (χ1v) is 5.87. The van der Waals surface area contributed by atoms with Crippen molar-refractivity contribution in [1.29, 1.82) is 0 Å². The van der Waals surface area contributed by atoms with E-state index in [4.69, 9.17) is 5.73 Å². The second-order valence-electron chi connectivity index (χ2n) is 4.53. The number of hydrogen-bond acceptors (Lipinski definition) is 4. The number of nitrogens with zero attached hydrogens (tertiary/aromatic N) is 1. The number of aromatic nitrogens is 1. The van der Waals surface area contributed by atoms with Crippen LogP contribution in [0, 0.1) is 5.92 Å². The van der Waals surface area contributed by atoms with Gasteiger partial charge in [0.2, 0.25) is 0 Å². The SMILES string of the molecule is Nc1cnccc1NCC1CCCC(O)C1. The maximum Gasteiger partial charge on any atom is 0.0736 e. The van der Waals surface area contributed by atoms with Crippen molar-refractivity contribution in [3.05, 3.63) is 18.5 Å². The second kappa shape index (κ2) is 5.16. The van der Waals surface area contributed by atoms with Crippen molar-refractivity contribution in [1.82, 2.24) is 4.98 Å². The molecule has 4 heteroatoms. The van der Waals surface area contributed by atoms with Gasteiger partial charge in [-0.25, -0.2) is 0 Å². The van der Waals surface area contributed by atoms with Gasteiger partial charge in [0.25, 0.3) is 0 Å². The van der Waals surface area contributed by atoms with Gasteiger partial charge >= 0.3 is 0 Å². The number of nitrogens with two attached hydrogens (primary N) is 1. The molecule has 1 aromatic heterocycles. The normalized spacial score (nSPS) is 25.3. The molecule has 88 valence electrons. The Labute approximate surface area is 95.9 Å². The lowest BCUT2D eigenvalue weighted by Crippen LogP contribution is -2.25. The smallest absolute Gasteiger partial charge is 0.0736 e. The van der Waals surface area contributed by atoms with Crippen LogP contribution < -0.4 is 11.1 Å². The fourth-order valence-electron chi connectivity index (χ4n) is 2.27. The first-order valence-electron chi connectivity index (χ1n) is 5.87. The summed E-state index contributed by atoms with van der Waals surface area (Å²) in [5.41, 5.74) is 7.41. The van der Waals surface area contributed by atoms with Gasteiger partial charge < -0.3 is 16.2 Å². The average molecular weight is 221 g/mol. The van der Waals surface area contributed by atoms with Crippen LogP contribution in [-0.2, 0) is 0 Å². The molecule has 2 unspecified atom stereocenters. The van der Waals surface area contributed by atoms with E-state index in [9.17, 15) is 5.11 Å². The molecule has 1 fully saturated rings. The Hall–Kier alpha value is -1.29. The Morgan fingerprint density at radius 1 is 1.50 bits per heavy atom. The molecule has 4 N–H and O–H groups in total. The molecular weight excluding hydrogens is 202 g/mol. The first kappa shape index (κ1) is 11.2. The molecule has 2 rings (SSSR count). The van der Waals surface area contributed by atoms with Gasteiger partial charge in [0, 0.05) is 12.7 Å². The van der Waals surface area contributed by atoms with E-state index >= 15 is 0 Å². The highest BCUT2D eigenvalue weighted by atomic mass is 16.3. The maximum absolute atomic E-state index is 9.57. The van der Waals surface area contributed by atoms with Crippen LogP contribution in [0.5, 0.6) is 0 Å². The Bertz CT molecular complexity index is 343. The van der Waals surface area contributed by atoms with Crippen molar-refractivity contribution >= 4 is 11.4 Å². The maximum atomic E-state index is 9.57. The molecule has 1 aliphatic rings. The number of nitrogen functional groups attached to an aromatic ring is 1. The average Bonchev–Trinajstić information content (AvgIpc) is 2.28. The number of aliphatic hydroxyl groups is 1. The zero-order chi connectivity index (χ0) is 11.4. The summed E-state index contributed by atoms with van der Waals surface area (Å²) in [6.45, 7) is 0.880. The fourth-order valence-corrected chi connectivity index (χ4v) is 2.27. The lowest BCUT2D eigenvalue weighted by Gasteiger charge is -2.26. The number of hydrogen-bond donors (Lipinski definition) is 3. The Balaban J connectivity index is 1.85. The topological polar surface area (TPSA) is 71.2 Å². The molecule has 16 heavy (non-hydrogen) atoms.